The Morgan fingerprint density at radius 2 is 2.22 bits per heavy atom. The van der Waals surface area contributed by atoms with Crippen molar-refractivity contribution in [2.24, 2.45) is 0 Å². The lowest BCUT2D eigenvalue weighted by Gasteiger charge is -2.22. The van der Waals surface area contributed by atoms with Crippen LogP contribution in [-0.2, 0) is 10.1 Å². The highest BCUT2D eigenvalue weighted by atomic mass is 32.2. The van der Waals surface area contributed by atoms with E-state index in [1.165, 1.54) is 17.2 Å². The van der Waals surface area contributed by atoms with Crippen LogP contribution in [0.1, 0.15) is 20.3 Å². The molecule has 1 atom stereocenters. The van der Waals surface area contributed by atoms with Gasteiger partial charge in [0.05, 0.1) is 6.26 Å². The summed E-state index contributed by atoms with van der Waals surface area (Å²) < 4.78 is 27.4. The summed E-state index contributed by atoms with van der Waals surface area (Å²) in [6, 6.07) is 1.05. The minimum atomic E-state index is -3.63. The molecule has 18 heavy (non-hydrogen) atoms. The van der Waals surface area contributed by atoms with Crippen molar-refractivity contribution in [3.8, 4) is 5.88 Å². The van der Waals surface area contributed by atoms with Gasteiger partial charge in [0.15, 0.2) is 0 Å². The molecule has 1 aromatic rings. The molecule has 0 N–H and O–H groups in total. The predicted octanol–water partition coefficient (Wildman–Crippen LogP) is 0.920. The van der Waals surface area contributed by atoms with Crippen molar-refractivity contribution in [2.75, 3.05) is 13.3 Å². The summed E-state index contributed by atoms with van der Waals surface area (Å²) in [6.45, 7) is 3.88. The van der Waals surface area contributed by atoms with Gasteiger partial charge in [-0.15, -0.1) is 5.10 Å². The highest BCUT2D eigenvalue weighted by molar-refractivity contribution is 7.86. The van der Waals surface area contributed by atoms with Gasteiger partial charge in [0.2, 0.25) is 0 Å². The van der Waals surface area contributed by atoms with Gasteiger partial charge in [-0.3, -0.25) is 0 Å². The van der Waals surface area contributed by atoms with Crippen LogP contribution >= 0.6 is 0 Å². The first kappa shape index (κ1) is 14.5. The Bertz CT molecular complexity index is 523. The molecule has 0 saturated carbocycles. The molecular formula is C10H17N3O4S. The highest BCUT2D eigenvalue weighted by Crippen LogP contribution is 2.10. The van der Waals surface area contributed by atoms with Gasteiger partial charge in [-0.2, -0.15) is 13.1 Å². The summed E-state index contributed by atoms with van der Waals surface area (Å²) in [7, 11) is -1.97. The smallest absolute Gasteiger partial charge is 0.344 e. The number of hydrogen-bond donors (Lipinski definition) is 0. The van der Waals surface area contributed by atoms with E-state index in [0.29, 0.717) is 0 Å². The summed E-state index contributed by atoms with van der Waals surface area (Å²) in [5.41, 5.74) is 0. The Morgan fingerprint density at radius 1 is 1.61 bits per heavy atom. The van der Waals surface area contributed by atoms with Gasteiger partial charge in [-0.05, 0) is 13.3 Å². The zero-order valence-electron chi connectivity index (χ0n) is 10.8. The summed E-state index contributed by atoms with van der Waals surface area (Å²) >= 11 is 0. The van der Waals surface area contributed by atoms with Crippen LogP contribution in [0.15, 0.2) is 12.3 Å². The zero-order chi connectivity index (χ0) is 13.9. The van der Waals surface area contributed by atoms with Crippen molar-refractivity contribution in [3.63, 3.8) is 0 Å². The Kier molecular flexibility index (Phi) is 4.33. The van der Waals surface area contributed by atoms with Crippen molar-refractivity contribution >= 4 is 16.1 Å². The summed E-state index contributed by atoms with van der Waals surface area (Å²) in [5.74, 6) is -0.122. The van der Waals surface area contributed by atoms with E-state index in [1.54, 1.807) is 7.05 Å². The largest absolute Gasteiger partial charge is 0.360 e. The van der Waals surface area contributed by atoms with E-state index in [9.17, 15) is 13.2 Å². The second-order valence-electron chi connectivity index (χ2n) is 4.04. The molecule has 0 bridgehead atoms. The molecular weight excluding hydrogens is 258 g/mol. The summed E-state index contributed by atoms with van der Waals surface area (Å²) in [5, 5.41) is 3.76. The van der Waals surface area contributed by atoms with Crippen LogP contribution in [0, 0.1) is 0 Å². The fourth-order valence-corrected chi connectivity index (χ4v) is 1.64. The second-order valence-corrected chi connectivity index (χ2v) is 5.61. The normalized spacial score (nSPS) is 13.1. The van der Waals surface area contributed by atoms with Crippen LogP contribution in [-0.4, -0.2) is 48.5 Å². The molecule has 0 aliphatic heterocycles. The number of aromatic nitrogens is 2. The Labute approximate surface area is 106 Å². The fraction of sp³-hybridized carbons (Fsp3) is 0.600. The molecule has 0 spiro atoms. The maximum atomic E-state index is 11.9. The quantitative estimate of drug-likeness (QED) is 0.763. The van der Waals surface area contributed by atoms with Gasteiger partial charge >= 0.3 is 16.1 Å². The number of hydrogen-bond acceptors (Lipinski definition) is 5. The standard InChI is InChI=1S/C10H17N3O4S/c1-5-8(2)12(3)10(14)13-7-6-9(11-13)17-18(4,15)16/h6-8H,5H2,1-4H3. The van der Waals surface area contributed by atoms with Gasteiger partial charge in [0.1, 0.15) is 0 Å². The first-order valence-corrected chi connectivity index (χ1v) is 7.28. The third kappa shape index (κ3) is 3.73. The lowest BCUT2D eigenvalue weighted by atomic mass is 10.2. The number of carbonyl (C=O) groups excluding carboxylic acids is 1. The average molecular weight is 275 g/mol. The van der Waals surface area contributed by atoms with Gasteiger partial charge in [-0.1, -0.05) is 6.92 Å². The van der Waals surface area contributed by atoms with Crippen molar-refractivity contribution in [1.82, 2.24) is 14.7 Å². The summed E-state index contributed by atoms with van der Waals surface area (Å²) in [4.78, 5) is 13.5. The third-order valence-corrected chi connectivity index (χ3v) is 3.02. The molecule has 8 heteroatoms. The predicted molar refractivity (Wildman–Crippen MR) is 66.0 cm³/mol. The molecule has 0 radical (unpaired) electrons. The van der Waals surface area contributed by atoms with Crippen molar-refractivity contribution < 1.29 is 17.4 Å². The average Bonchev–Trinajstić information content (AvgIpc) is 2.71. The minimum absolute atomic E-state index is 0.0703. The molecule has 1 aromatic heterocycles. The number of carbonyl (C=O) groups is 1. The molecule has 0 aromatic carbocycles. The molecule has 0 fully saturated rings. The molecule has 7 nitrogen and oxygen atoms in total. The zero-order valence-corrected chi connectivity index (χ0v) is 11.6. The van der Waals surface area contributed by atoms with Crippen LogP contribution in [0.3, 0.4) is 0 Å². The Hall–Kier alpha value is -1.57. The lowest BCUT2D eigenvalue weighted by molar-refractivity contribution is 0.190. The molecule has 1 heterocycles. The first-order valence-electron chi connectivity index (χ1n) is 5.47. The van der Waals surface area contributed by atoms with Crippen molar-refractivity contribution in [1.29, 1.82) is 0 Å². The molecule has 1 unspecified atom stereocenters. The van der Waals surface area contributed by atoms with E-state index < -0.39 is 10.1 Å². The van der Waals surface area contributed by atoms with Gasteiger partial charge in [-0.25, -0.2) is 4.79 Å². The van der Waals surface area contributed by atoms with E-state index in [2.05, 4.69) is 9.28 Å². The van der Waals surface area contributed by atoms with E-state index in [-0.39, 0.29) is 18.0 Å². The SMILES string of the molecule is CCC(C)N(C)C(=O)n1ccc(OS(C)(=O)=O)n1. The Morgan fingerprint density at radius 3 is 2.72 bits per heavy atom. The van der Waals surface area contributed by atoms with Crippen molar-refractivity contribution in [2.45, 2.75) is 26.3 Å². The number of rotatable bonds is 4. The molecule has 0 aliphatic carbocycles. The van der Waals surface area contributed by atoms with Crippen LogP contribution in [0.2, 0.25) is 0 Å². The molecule has 0 saturated heterocycles. The molecule has 0 aliphatic rings. The maximum Gasteiger partial charge on any atom is 0.344 e. The monoisotopic (exact) mass is 275 g/mol. The number of nitrogens with zero attached hydrogens (tertiary/aromatic N) is 3. The van der Waals surface area contributed by atoms with E-state index in [1.807, 2.05) is 13.8 Å². The van der Waals surface area contributed by atoms with E-state index >= 15 is 0 Å². The van der Waals surface area contributed by atoms with Crippen LogP contribution < -0.4 is 4.18 Å². The van der Waals surface area contributed by atoms with Crippen LogP contribution in [0.25, 0.3) is 0 Å². The Balaban J connectivity index is 2.83. The van der Waals surface area contributed by atoms with Crippen LogP contribution in [0.5, 0.6) is 5.88 Å². The molecule has 1 rings (SSSR count). The van der Waals surface area contributed by atoms with Gasteiger partial charge < -0.3 is 9.08 Å². The van der Waals surface area contributed by atoms with Gasteiger partial charge in [0.25, 0.3) is 5.88 Å². The molecule has 102 valence electrons. The molecule has 1 amide bonds. The summed E-state index contributed by atoms with van der Waals surface area (Å²) in [6.07, 6.45) is 3.09. The maximum absolute atomic E-state index is 11.9. The minimum Gasteiger partial charge on any atom is -0.360 e. The second kappa shape index (κ2) is 5.38. The van der Waals surface area contributed by atoms with Gasteiger partial charge in [0, 0.05) is 25.4 Å². The third-order valence-electron chi connectivity index (χ3n) is 2.55. The topological polar surface area (TPSA) is 81.5 Å². The van der Waals surface area contributed by atoms with Crippen LogP contribution in [0.4, 0.5) is 4.79 Å². The fourth-order valence-electron chi connectivity index (χ4n) is 1.24. The lowest BCUT2D eigenvalue weighted by Crippen LogP contribution is -2.37. The van der Waals surface area contributed by atoms with E-state index in [0.717, 1.165) is 17.4 Å². The first-order chi connectivity index (χ1) is 8.24. The number of amides is 1. The highest BCUT2D eigenvalue weighted by Gasteiger charge is 2.18. The van der Waals surface area contributed by atoms with Crippen molar-refractivity contribution in [3.05, 3.63) is 12.3 Å². The van der Waals surface area contributed by atoms with E-state index in [4.69, 9.17) is 0 Å².